The quantitative estimate of drug-likeness (QED) is 0.120. The number of hydrogen-bond acceptors (Lipinski definition) is 6. The number of H-pyrrole nitrogens is 1. The van der Waals surface area contributed by atoms with Gasteiger partial charge >= 0.3 is 11.9 Å². The summed E-state index contributed by atoms with van der Waals surface area (Å²) in [5.41, 5.74) is 4.46. The van der Waals surface area contributed by atoms with Crippen molar-refractivity contribution in [2.75, 3.05) is 11.9 Å². The summed E-state index contributed by atoms with van der Waals surface area (Å²) in [6.45, 7) is 7.81. The predicted molar refractivity (Wildman–Crippen MR) is 188 cm³/mol. The molecule has 1 aromatic heterocycles. The molecular formula is C38H42BrN3O5. The van der Waals surface area contributed by atoms with Crippen LogP contribution in [0.3, 0.4) is 0 Å². The molecule has 1 aliphatic heterocycles. The zero-order valence-corrected chi connectivity index (χ0v) is 28.9. The number of rotatable bonds is 11. The third-order valence-corrected chi connectivity index (χ3v) is 10.3. The highest BCUT2D eigenvalue weighted by Gasteiger charge is 2.31. The lowest BCUT2D eigenvalue weighted by molar-refractivity contribution is 0.0644. The number of anilines is 1. The third kappa shape index (κ3) is 6.74. The number of esters is 2. The van der Waals surface area contributed by atoms with Crippen molar-refractivity contribution < 1.29 is 23.9 Å². The Labute approximate surface area is 284 Å². The maximum absolute atomic E-state index is 13.8. The van der Waals surface area contributed by atoms with E-state index in [4.69, 9.17) is 9.47 Å². The van der Waals surface area contributed by atoms with Gasteiger partial charge in [0.1, 0.15) is 0 Å². The number of aryl methyl sites for hydroxylation is 1. The van der Waals surface area contributed by atoms with E-state index in [1.807, 2.05) is 18.2 Å². The van der Waals surface area contributed by atoms with Crippen LogP contribution < -0.4 is 14.8 Å². The number of nitrogens with zero attached hydrogens (tertiary/aromatic N) is 1. The van der Waals surface area contributed by atoms with Gasteiger partial charge in [-0.05, 0) is 102 Å². The summed E-state index contributed by atoms with van der Waals surface area (Å²) in [7, 11) is 0. The molecule has 1 amide bonds. The molecule has 4 aromatic rings. The molecule has 0 bridgehead atoms. The monoisotopic (exact) mass is 699 g/mol. The van der Waals surface area contributed by atoms with Crippen LogP contribution in [0.15, 0.2) is 59.1 Å². The second-order valence-electron chi connectivity index (χ2n) is 12.5. The maximum Gasteiger partial charge on any atom is 0.344 e. The summed E-state index contributed by atoms with van der Waals surface area (Å²) in [5.74, 6) is -2.08. The van der Waals surface area contributed by atoms with Gasteiger partial charge in [-0.25, -0.2) is 9.59 Å². The zero-order chi connectivity index (χ0) is 33.1. The number of carbonyl (C=O) groups excluding carboxylic acids is 3. The molecule has 6 rings (SSSR count). The van der Waals surface area contributed by atoms with E-state index in [0.717, 1.165) is 49.6 Å². The topological polar surface area (TPSA) is 101 Å². The van der Waals surface area contributed by atoms with Crippen LogP contribution in [0, 0.1) is 0 Å². The summed E-state index contributed by atoms with van der Waals surface area (Å²) in [4.78, 5) is 46.3. The van der Waals surface area contributed by atoms with Crippen LogP contribution in [0.25, 0.3) is 10.9 Å². The Kier molecular flexibility index (Phi) is 10.1. The van der Waals surface area contributed by atoms with Crippen molar-refractivity contribution in [3.05, 3.63) is 87.0 Å². The Morgan fingerprint density at radius 1 is 0.936 bits per heavy atom. The number of fused-ring (bicyclic) bond motifs is 3. The lowest BCUT2D eigenvalue weighted by Gasteiger charge is -2.36. The average molecular weight is 701 g/mol. The van der Waals surface area contributed by atoms with Crippen LogP contribution in [0.5, 0.6) is 11.5 Å². The molecule has 9 heteroatoms. The number of amides is 1. The van der Waals surface area contributed by atoms with Crippen molar-refractivity contribution in [2.45, 2.75) is 90.6 Å². The number of nitrogens with one attached hydrogen (secondary N) is 2. The number of carbonyl (C=O) groups is 3. The van der Waals surface area contributed by atoms with Crippen molar-refractivity contribution in [3.63, 3.8) is 0 Å². The fourth-order valence-electron chi connectivity index (χ4n) is 7.27. The van der Waals surface area contributed by atoms with E-state index in [1.165, 1.54) is 49.1 Å². The number of hydrogen-bond donors (Lipinski definition) is 2. The first-order chi connectivity index (χ1) is 22.8. The molecule has 2 N–H and O–H groups in total. The van der Waals surface area contributed by atoms with E-state index in [1.54, 1.807) is 24.3 Å². The van der Waals surface area contributed by atoms with Crippen LogP contribution in [0.1, 0.15) is 108 Å². The van der Waals surface area contributed by atoms with Gasteiger partial charge in [-0.1, -0.05) is 52.2 Å². The van der Waals surface area contributed by atoms with Crippen LogP contribution in [0.4, 0.5) is 5.69 Å². The standard InChI is InChI=1S/C38H42BrN3O5/c1-4-11-32-26(20-21-42(24(5-2)6-3)25-12-7-8-13-25)30-22-23(16-19-33(30)41-32)40-36(43)29-17-18-31(39)35-34(29)46-37(44)27-14-9-10-15-28(27)38(45)47-35/h9-10,14-19,22,24-25,41H,4-8,11-13,20-21H2,1-3H3,(H,40,43). The van der Waals surface area contributed by atoms with Gasteiger partial charge in [0.2, 0.25) is 0 Å². The molecule has 1 aliphatic carbocycles. The van der Waals surface area contributed by atoms with E-state index in [2.05, 4.69) is 51.9 Å². The Morgan fingerprint density at radius 3 is 2.28 bits per heavy atom. The summed E-state index contributed by atoms with van der Waals surface area (Å²) in [5, 5.41) is 4.11. The highest BCUT2D eigenvalue weighted by atomic mass is 79.9. The fraction of sp³-hybridized carbons (Fsp3) is 0.395. The first kappa shape index (κ1) is 33.0. The van der Waals surface area contributed by atoms with Crippen molar-refractivity contribution >= 4 is 50.4 Å². The van der Waals surface area contributed by atoms with Gasteiger partial charge in [-0.3, -0.25) is 9.69 Å². The Balaban J connectivity index is 1.30. The predicted octanol–water partition coefficient (Wildman–Crippen LogP) is 8.86. The molecule has 1 fully saturated rings. The summed E-state index contributed by atoms with van der Waals surface area (Å²) in [6.07, 6.45) is 10.4. The van der Waals surface area contributed by atoms with Gasteiger partial charge in [0, 0.05) is 40.9 Å². The number of ether oxygens (including phenoxy) is 2. The lowest BCUT2D eigenvalue weighted by atomic mass is 10.0. The number of benzene rings is 3. The minimum absolute atomic E-state index is 0.0256. The molecule has 8 nitrogen and oxygen atoms in total. The molecule has 1 saturated carbocycles. The summed E-state index contributed by atoms with van der Waals surface area (Å²) < 4.78 is 11.7. The molecule has 246 valence electrons. The van der Waals surface area contributed by atoms with Crippen LogP contribution >= 0.6 is 15.9 Å². The Bertz CT molecular complexity index is 1800. The largest absolute Gasteiger partial charge is 0.418 e. The van der Waals surface area contributed by atoms with Crippen molar-refractivity contribution in [1.82, 2.24) is 9.88 Å². The minimum Gasteiger partial charge on any atom is -0.418 e. The van der Waals surface area contributed by atoms with Gasteiger partial charge in [0.25, 0.3) is 5.91 Å². The average Bonchev–Trinajstić information content (AvgIpc) is 3.72. The zero-order valence-electron chi connectivity index (χ0n) is 27.3. The molecule has 0 spiro atoms. The second kappa shape index (κ2) is 14.4. The first-order valence-corrected chi connectivity index (χ1v) is 17.7. The molecule has 0 unspecified atom stereocenters. The highest BCUT2D eigenvalue weighted by molar-refractivity contribution is 9.10. The van der Waals surface area contributed by atoms with Crippen LogP contribution in [0.2, 0.25) is 0 Å². The van der Waals surface area contributed by atoms with Crippen LogP contribution in [-0.4, -0.2) is 46.4 Å². The number of aromatic nitrogens is 1. The summed E-state index contributed by atoms with van der Waals surface area (Å²) >= 11 is 3.39. The highest BCUT2D eigenvalue weighted by Crippen LogP contribution is 2.41. The van der Waals surface area contributed by atoms with Gasteiger partial charge in [-0.15, -0.1) is 0 Å². The summed E-state index contributed by atoms with van der Waals surface area (Å²) in [6, 6.07) is 16.6. The molecule has 47 heavy (non-hydrogen) atoms. The molecule has 0 radical (unpaired) electrons. The van der Waals surface area contributed by atoms with E-state index in [-0.39, 0.29) is 28.2 Å². The minimum atomic E-state index is -0.743. The van der Waals surface area contributed by atoms with Crippen molar-refractivity contribution in [2.24, 2.45) is 0 Å². The molecule has 0 saturated heterocycles. The molecule has 2 aliphatic rings. The van der Waals surface area contributed by atoms with E-state index >= 15 is 0 Å². The Morgan fingerprint density at radius 2 is 1.62 bits per heavy atom. The molecule has 0 atom stereocenters. The van der Waals surface area contributed by atoms with Gasteiger partial charge < -0.3 is 19.8 Å². The third-order valence-electron chi connectivity index (χ3n) is 9.64. The van der Waals surface area contributed by atoms with E-state index in [9.17, 15) is 14.4 Å². The van der Waals surface area contributed by atoms with Crippen molar-refractivity contribution in [3.8, 4) is 11.5 Å². The fourth-order valence-corrected chi connectivity index (χ4v) is 7.67. The smallest absolute Gasteiger partial charge is 0.344 e. The number of aromatic amines is 1. The Hall–Kier alpha value is -3.95. The lowest BCUT2D eigenvalue weighted by Crippen LogP contribution is -2.42. The first-order valence-electron chi connectivity index (χ1n) is 16.9. The molecular weight excluding hydrogens is 658 g/mol. The molecule has 3 aromatic carbocycles. The van der Waals surface area contributed by atoms with Gasteiger partial charge in [-0.2, -0.15) is 0 Å². The normalized spacial score (nSPS) is 14.9. The van der Waals surface area contributed by atoms with Crippen molar-refractivity contribution in [1.29, 1.82) is 0 Å². The van der Waals surface area contributed by atoms with Crippen LogP contribution in [-0.2, 0) is 12.8 Å². The van der Waals surface area contributed by atoms with Gasteiger partial charge in [0.05, 0.1) is 21.2 Å². The molecule has 2 heterocycles. The number of halogens is 1. The van der Waals surface area contributed by atoms with Gasteiger partial charge in [0.15, 0.2) is 11.5 Å². The SMILES string of the molecule is CCCc1[nH]c2ccc(NC(=O)c3ccc(Br)c4c3OC(=O)c3ccccc3C(=O)O4)cc2c1CCN(C(CC)CC)C1CCCC1. The second-order valence-corrected chi connectivity index (χ2v) is 13.4. The van der Waals surface area contributed by atoms with E-state index < -0.39 is 17.8 Å². The van der Waals surface area contributed by atoms with E-state index in [0.29, 0.717) is 22.2 Å². The maximum atomic E-state index is 13.8.